The van der Waals surface area contributed by atoms with Gasteiger partial charge in [0.2, 0.25) is 5.91 Å². The smallest absolute Gasteiger partial charge is 0.326 e. The quantitative estimate of drug-likeness (QED) is 0.776. The van der Waals surface area contributed by atoms with Gasteiger partial charge in [0.05, 0.1) is 11.4 Å². The number of carboxylic acids is 1. The van der Waals surface area contributed by atoms with Gasteiger partial charge in [0.25, 0.3) is 0 Å². The fourth-order valence-corrected chi connectivity index (χ4v) is 2.48. The first-order chi connectivity index (χ1) is 11.0. The standard InChI is InChI=1S/C16H18ClNO5/c1-2-3-4-12(16(20)21)18-14(19)9-10-7-11(17)15-13(8-10)22-5-6-23-15/h2-3,7-8,12H,4-6,9H2,1H3,(H,18,19)(H,20,21)/b3-2+. The molecule has 0 spiro atoms. The van der Waals surface area contributed by atoms with Crippen LogP contribution in [0.3, 0.4) is 0 Å². The van der Waals surface area contributed by atoms with Crippen LogP contribution < -0.4 is 14.8 Å². The van der Waals surface area contributed by atoms with E-state index in [4.69, 9.17) is 26.2 Å². The van der Waals surface area contributed by atoms with E-state index in [1.54, 1.807) is 31.2 Å². The molecular formula is C16H18ClNO5. The van der Waals surface area contributed by atoms with Crippen molar-refractivity contribution in [1.82, 2.24) is 5.32 Å². The van der Waals surface area contributed by atoms with Crippen LogP contribution in [0.1, 0.15) is 18.9 Å². The van der Waals surface area contributed by atoms with Gasteiger partial charge in [-0.15, -0.1) is 0 Å². The lowest BCUT2D eigenvalue weighted by molar-refractivity contribution is -0.141. The van der Waals surface area contributed by atoms with Crippen molar-refractivity contribution in [2.75, 3.05) is 13.2 Å². The lowest BCUT2D eigenvalue weighted by Gasteiger charge is -2.20. The molecule has 1 aliphatic rings. The summed E-state index contributed by atoms with van der Waals surface area (Å²) in [4.78, 5) is 23.2. The average Bonchev–Trinajstić information content (AvgIpc) is 2.51. The molecule has 1 aromatic rings. The van der Waals surface area contributed by atoms with Gasteiger partial charge >= 0.3 is 5.97 Å². The Morgan fingerprint density at radius 2 is 2.13 bits per heavy atom. The molecule has 23 heavy (non-hydrogen) atoms. The van der Waals surface area contributed by atoms with Crippen LogP contribution in [-0.2, 0) is 16.0 Å². The van der Waals surface area contributed by atoms with Crippen LogP contribution in [-0.4, -0.2) is 36.2 Å². The molecule has 1 amide bonds. The number of fused-ring (bicyclic) bond motifs is 1. The van der Waals surface area contributed by atoms with E-state index in [-0.39, 0.29) is 12.8 Å². The number of benzene rings is 1. The summed E-state index contributed by atoms with van der Waals surface area (Å²) in [6.45, 7) is 2.64. The largest absolute Gasteiger partial charge is 0.486 e. The first-order valence-corrected chi connectivity index (χ1v) is 7.60. The number of allylic oxidation sites excluding steroid dienone is 1. The van der Waals surface area contributed by atoms with Crippen molar-refractivity contribution in [2.45, 2.75) is 25.8 Å². The minimum Gasteiger partial charge on any atom is -0.486 e. The first-order valence-electron chi connectivity index (χ1n) is 7.22. The Bertz CT molecular complexity index is 629. The number of carboxylic acid groups (broad SMARTS) is 1. The summed E-state index contributed by atoms with van der Waals surface area (Å²) in [5.74, 6) is -0.500. The maximum atomic E-state index is 12.1. The van der Waals surface area contributed by atoms with E-state index in [2.05, 4.69) is 5.32 Å². The van der Waals surface area contributed by atoms with Crippen molar-refractivity contribution < 1.29 is 24.2 Å². The van der Waals surface area contributed by atoms with E-state index in [1.165, 1.54) is 0 Å². The van der Waals surface area contributed by atoms with Crippen LogP contribution in [0.5, 0.6) is 11.5 Å². The number of ether oxygens (including phenoxy) is 2. The van der Waals surface area contributed by atoms with E-state index in [0.29, 0.717) is 35.3 Å². The third-order valence-electron chi connectivity index (χ3n) is 3.26. The Labute approximate surface area is 139 Å². The number of nitrogens with one attached hydrogen (secondary N) is 1. The maximum absolute atomic E-state index is 12.1. The summed E-state index contributed by atoms with van der Waals surface area (Å²) >= 11 is 6.12. The summed E-state index contributed by atoms with van der Waals surface area (Å²) in [6, 6.07) is 2.35. The van der Waals surface area contributed by atoms with Crippen LogP contribution in [0.2, 0.25) is 5.02 Å². The molecule has 1 atom stereocenters. The van der Waals surface area contributed by atoms with Gasteiger partial charge in [0, 0.05) is 0 Å². The summed E-state index contributed by atoms with van der Waals surface area (Å²) in [5, 5.41) is 12.0. The number of aliphatic carboxylic acids is 1. The van der Waals surface area contributed by atoms with Crippen molar-refractivity contribution in [3.05, 3.63) is 34.9 Å². The molecule has 6 nitrogen and oxygen atoms in total. The zero-order valence-electron chi connectivity index (χ0n) is 12.7. The molecule has 0 saturated carbocycles. The molecule has 7 heteroatoms. The van der Waals surface area contributed by atoms with Gasteiger partial charge in [0.15, 0.2) is 11.5 Å². The Kier molecular flexibility index (Phi) is 5.87. The minimum atomic E-state index is -1.07. The molecule has 2 rings (SSSR count). The van der Waals surface area contributed by atoms with Crippen molar-refractivity contribution in [3.8, 4) is 11.5 Å². The summed E-state index contributed by atoms with van der Waals surface area (Å²) < 4.78 is 10.9. The molecule has 0 aliphatic carbocycles. The molecular weight excluding hydrogens is 322 g/mol. The van der Waals surface area contributed by atoms with Gasteiger partial charge in [0.1, 0.15) is 19.3 Å². The molecule has 1 unspecified atom stereocenters. The SMILES string of the molecule is C/C=C/CC(NC(=O)Cc1cc(Cl)c2c(c1)OCCO2)C(=O)O. The lowest BCUT2D eigenvalue weighted by Crippen LogP contribution is -2.41. The minimum absolute atomic E-state index is 0.00990. The number of amides is 1. The van der Waals surface area contributed by atoms with Crippen molar-refractivity contribution >= 4 is 23.5 Å². The molecule has 0 bridgehead atoms. The van der Waals surface area contributed by atoms with Crippen molar-refractivity contribution in [2.24, 2.45) is 0 Å². The van der Waals surface area contributed by atoms with E-state index >= 15 is 0 Å². The fraction of sp³-hybridized carbons (Fsp3) is 0.375. The number of carbonyl (C=O) groups excluding carboxylic acids is 1. The predicted molar refractivity (Wildman–Crippen MR) is 85.1 cm³/mol. The van der Waals surface area contributed by atoms with Crippen molar-refractivity contribution in [3.63, 3.8) is 0 Å². The highest BCUT2D eigenvalue weighted by atomic mass is 35.5. The number of carbonyl (C=O) groups is 2. The molecule has 0 aromatic heterocycles. The summed E-state index contributed by atoms with van der Waals surface area (Å²) in [5.41, 5.74) is 0.631. The molecule has 1 aliphatic heterocycles. The molecule has 0 fully saturated rings. The Balaban J connectivity index is 2.05. The van der Waals surface area contributed by atoms with Crippen LogP contribution in [0.15, 0.2) is 24.3 Å². The number of hydrogen-bond donors (Lipinski definition) is 2. The van der Waals surface area contributed by atoms with Crippen LogP contribution in [0.25, 0.3) is 0 Å². The van der Waals surface area contributed by atoms with Crippen LogP contribution in [0.4, 0.5) is 0 Å². The Hall–Kier alpha value is -2.21. The Morgan fingerprint density at radius 1 is 1.39 bits per heavy atom. The molecule has 124 valence electrons. The molecule has 1 heterocycles. The predicted octanol–water partition coefficient (Wildman–Crippen LogP) is 2.19. The molecule has 1 aromatic carbocycles. The van der Waals surface area contributed by atoms with Gasteiger partial charge in [-0.3, -0.25) is 4.79 Å². The highest BCUT2D eigenvalue weighted by Gasteiger charge is 2.21. The van der Waals surface area contributed by atoms with Gasteiger partial charge in [-0.2, -0.15) is 0 Å². The van der Waals surface area contributed by atoms with Gasteiger partial charge < -0.3 is 19.9 Å². The van der Waals surface area contributed by atoms with Crippen LogP contribution in [0, 0.1) is 0 Å². The van der Waals surface area contributed by atoms with Gasteiger partial charge in [-0.05, 0) is 31.0 Å². The second-order valence-electron chi connectivity index (χ2n) is 5.04. The van der Waals surface area contributed by atoms with E-state index in [1.807, 2.05) is 0 Å². The monoisotopic (exact) mass is 339 g/mol. The molecule has 0 radical (unpaired) electrons. The summed E-state index contributed by atoms with van der Waals surface area (Å²) in [7, 11) is 0. The Morgan fingerprint density at radius 3 is 2.83 bits per heavy atom. The average molecular weight is 340 g/mol. The van der Waals surface area contributed by atoms with E-state index in [0.717, 1.165) is 0 Å². The third kappa shape index (κ3) is 4.63. The number of rotatable bonds is 6. The zero-order chi connectivity index (χ0) is 16.8. The normalized spacial score (nSPS) is 14.5. The maximum Gasteiger partial charge on any atom is 0.326 e. The highest BCUT2D eigenvalue weighted by Crippen LogP contribution is 2.38. The molecule has 2 N–H and O–H groups in total. The number of halogens is 1. The lowest BCUT2D eigenvalue weighted by atomic mass is 10.1. The zero-order valence-corrected chi connectivity index (χ0v) is 13.4. The second-order valence-corrected chi connectivity index (χ2v) is 5.45. The highest BCUT2D eigenvalue weighted by molar-refractivity contribution is 6.32. The third-order valence-corrected chi connectivity index (χ3v) is 3.54. The first kappa shape index (κ1) is 17.1. The van der Waals surface area contributed by atoms with E-state index in [9.17, 15) is 9.59 Å². The van der Waals surface area contributed by atoms with E-state index < -0.39 is 17.9 Å². The number of hydrogen-bond acceptors (Lipinski definition) is 4. The summed E-state index contributed by atoms with van der Waals surface area (Å²) in [6.07, 6.45) is 3.68. The van der Waals surface area contributed by atoms with Gasteiger partial charge in [-0.25, -0.2) is 4.79 Å². The molecule has 0 saturated heterocycles. The second kappa shape index (κ2) is 7.87. The van der Waals surface area contributed by atoms with Crippen molar-refractivity contribution in [1.29, 1.82) is 0 Å². The van der Waals surface area contributed by atoms with Crippen LogP contribution >= 0.6 is 11.6 Å². The fourth-order valence-electron chi connectivity index (χ4n) is 2.19. The topological polar surface area (TPSA) is 84.9 Å². The van der Waals surface area contributed by atoms with Gasteiger partial charge in [-0.1, -0.05) is 23.8 Å².